The van der Waals surface area contributed by atoms with Gasteiger partial charge in [-0.3, -0.25) is 4.98 Å². The molecule has 0 bridgehead atoms. The number of fused-ring (bicyclic) bond motifs is 1. The van der Waals surface area contributed by atoms with E-state index in [-0.39, 0.29) is 6.10 Å². The molecule has 4 nitrogen and oxygen atoms in total. The van der Waals surface area contributed by atoms with Gasteiger partial charge in [0.05, 0.1) is 29.5 Å². The first-order valence-electron chi connectivity index (χ1n) is 8.38. The van der Waals surface area contributed by atoms with Crippen molar-refractivity contribution in [1.29, 1.82) is 5.26 Å². The number of pyridine rings is 1. The summed E-state index contributed by atoms with van der Waals surface area (Å²) >= 11 is 0. The van der Waals surface area contributed by atoms with E-state index >= 15 is 0 Å². The highest BCUT2D eigenvalue weighted by Crippen LogP contribution is 2.26. The number of nitrogens with one attached hydrogen (secondary N) is 1. The number of hydrogen-bond donors (Lipinski definition) is 1. The van der Waals surface area contributed by atoms with Crippen LogP contribution in [0.4, 0.5) is 5.69 Å². The molecule has 4 heteroatoms. The summed E-state index contributed by atoms with van der Waals surface area (Å²) in [6.45, 7) is 5.30. The normalized spacial score (nSPS) is 10.8. The van der Waals surface area contributed by atoms with Gasteiger partial charge >= 0.3 is 0 Å². The molecule has 1 aromatic heterocycles. The Morgan fingerprint density at radius 1 is 1.12 bits per heavy atom. The van der Waals surface area contributed by atoms with Crippen LogP contribution in [-0.4, -0.2) is 11.1 Å². The zero-order valence-electron chi connectivity index (χ0n) is 14.5. The van der Waals surface area contributed by atoms with Crippen molar-refractivity contribution in [2.75, 3.05) is 5.32 Å². The van der Waals surface area contributed by atoms with Crippen molar-refractivity contribution in [3.05, 3.63) is 71.4 Å². The van der Waals surface area contributed by atoms with Gasteiger partial charge in [-0.25, -0.2) is 0 Å². The first-order chi connectivity index (χ1) is 12.2. The molecular formula is C21H21N3O. The lowest BCUT2D eigenvalue weighted by Crippen LogP contribution is -2.05. The number of anilines is 1. The average Bonchev–Trinajstić information content (AvgIpc) is 2.64. The van der Waals surface area contributed by atoms with Crippen molar-refractivity contribution in [1.82, 2.24) is 4.98 Å². The van der Waals surface area contributed by atoms with Gasteiger partial charge in [0, 0.05) is 18.1 Å². The molecule has 0 atom stereocenters. The number of para-hydroxylation sites is 1. The SMILES string of the molecule is CC(C)OCc1cccc(CNc2c(C#N)cnc3ccccc23)c1. The molecule has 25 heavy (non-hydrogen) atoms. The molecule has 1 N–H and O–H groups in total. The Bertz CT molecular complexity index is 912. The summed E-state index contributed by atoms with van der Waals surface area (Å²) in [5.74, 6) is 0. The number of benzene rings is 2. The summed E-state index contributed by atoms with van der Waals surface area (Å²) in [6.07, 6.45) is 1.83. The zero-order chi connectivity index (χ0) is 17.6. The van der Waals surface area contributed by atoms with E-state index in [4.69, 9.17) is 4.74 Å². The highest BCUT2D eigenvalue weighted by atomic mass is 16.5. The summed E-state index contributed by atoms with van der Waals surface area (Å²) < 4.78 is 5.67. The predicted octanol–water partition coefficient (Wildman–Crippen LogP) is 4.64. The van der Waals surface area contributed by atoms with E-state index in [1.54, 1.807) is 6.20 Å². The fraction of sp³-hybridized carbons (Fsp3) is 0.238. The molecule has 3 rings (SSSR count). The third-order valence-corrected chi connectivity index (χ3v) is 3.94. The lowest BCUT2D eigenvalue weighted by atomic mass is 10.1. The Morgan fingerprint density at radius 2 is 1.92 bits per heavy atom. The molecule has 0 radical (unpaired) electrons. The predicted molar refractivity (Wildman–Crippen MR) is 100 cm³/mol. The topological polar surface area (TPSA) is 57.9 Å². The second-order valence-corrected chi connectivity index (χ2v) is 6.21. The number of nitriles is 1. The summed E-state index contributed by atoms with van der Waals surface area (Å²) in [5.41, 5.74) is 4.56. The minimum atomic E-state index is 0.211. The van der Waals surface area contributed by atoms with E-state index in [1.807, 2.05) is 44.2 Å². The van der Waals surface area contributed by atoms with Crippen molar-refractivity contribution in [3.63, 3.8) is 0 Å². The van der Waals surface area contributed by atoms with Crippen LogP contribution in [0.3, 0.4) is 0 Å². The Hall–Kier alpha value is -2.90. The third kappa shape index (κ3) is 4.14. The molecule has 0 aliphatic carbocycles. The average molecular weight is 331 g/mol. The van der Waals surface area contributed by atoms with Crippen LogP contribution in [0.15, 0.2) is 54.7 Å². The maximum atomic E-state index is 9.39. The lowest BCUT2D eigenvalue weighted by Gasteiger charge is -2.13. The first-order valence-corrected chi connectivity index (χ1v) is 8.38. The van der Waals surface area contributed by atoms with Gasteiger partial charge in [-0.05, 0) is 31.0 Å². The summed E-state index contributed by atoms with van der Waals surface area (Å²) in [6, 6.07) is 18.4. The fourth-order valence-electron chi connectivity index (χ4n) is 2.70. The molecule has 0 aliphatic rings. The fourth-order valence-corrected chi connectivity index (χ4v) is 2.70. The maximum Gasteiger partial charge on any atom is 0.103 e. The van der Waals surface area contributed by atoms with Crippen molar-refractivity contribution in [2.24, 2.45) is 0 Å². The number of rotatable bonds is 6. The van der Waals surface area contributed by atoms with Crippen LogP contribution in [0, 0.1) is 11.3 Å². The van der Waals surface area contributed by atoms with Crippen molar-refractivity contribution < 1.29 is 4.74 Å². The van der Waals surface area contributed by atoms with Crippen LogP contribution < -0.4 is 5.32 Å². The number of aromatic nitrogens is 1. The molecule has 0 spiro atoms. The zero-order valence-corrected chi connectivity index (χ0v) is 14.5. The molecular weight excluding hydrogens is 310 g/mol. The van der Waals surface area contributed by atoms with E-state index in [1.165, 1.54) is 0 Å². The van der Waals surface area contributed by atoms with Crippen LogP contribution in [0.5, 0.6) is 0 Å². The molecule has 0 aliphatic heterocycles. The Kier molecular flexibility index (Phi) is 5.27. The largest absolute Gasteiger partial charge is 0.379 e. The standard InChI is InChI=1S/C21H21N3O/c1-15(2)25-14-17-7-5-6-16(10-17)12-24-21-18(11-22)13-23-20-9-4-3-8-19(20)21/h3-10,13,15H,12,14H2,1-2H3,(H,23,24). The number of nitrogens with zero attached hydrogens (tertiary/aromatic N) is 2. The van der Waals surface area contributed by atoms with E-state index in [0.717, 1.165) is 27.7 Å². The van der Waals surface area contributed by atoms with Gasteiger partial charge < -0.3 is 10.1 Å². The van der Waals surface area contributed by atoms with Crippen molar-refractivity contribution in [3.8, 4) is 6.07 Å². The third-order valence-electron chi connectivity index (χ3n) is 3.94. The monoisotopic (exact) mass is 331 g/mol. The smallest absolute Gasteiger partial charge is 0.103 e. The Balaban J connectivity index is 1.81. The van der Waals surface area contributed by atoms with Crippen LogP contribution >= 0.6 is 0 Å². The van der Waals surface area contributed by atoms with E-state index < -0.39 is 0 Å². The molecule has 0 saturated carbocycles. The van der Waals surface area contributed by atoms with Crippen molar-refractivity contribution >= 4 is 16.6 Å². The summed E-state index contributed by atoms with van der Waals surface area (Å²) in [7, 11) is 0. The highest BCUT2D eigenvalue weighted by molar-refractivity contribution is 5.93. The maximum absolute atomic E-state index is 9.39. The first kappa shape index (κ1) is 16.9. The van der Waals surface area contributed by atoms with E-state index in [9.17, 15) is 5.26 Å². The molecule has 0 saturated heterocycles. The van der Waals surface area contributed by atoms with Crippen LogP contribution in [0.1, 0.15) is 30.5 Å². The summed E-state index contributed by atoms with van der Waals surface area (Å²) in [5, 5.41) is 13.8. The second-order valence-electron chi connectivity index (χ2n) is 6.21. The van der Waals surface area contributed by atoms with Gasteiger partial charge in [-0.1, -0.05) is 42.5 Å². The molecule has 0 unspecified atom stereocenters. The molecule has 0 amide bonds. The molecule has 2 aromatic carbocycles. The minimum Gasteiger partial charge on any atom is -0.379 e. The molecule has 0 fully saturated rings. The van der Waals surface area contributed by atoms with Gasteiger partial charge in [0.2, 0.25) is 0 Å². The van der Waals surface area contributed by atoms with Crippen LogP contribution in [0.2, 0.25) is 0 Å². The highest BCUT2D eigenvalue weighted by Gasteiger charge is 2.08. The Morgan fingerprint density at radius 3 is 2.72 bits per heavy atom. The van der Waals surface area contributed by atoms with Gasteiger partial charge in [0.25, 0.3) is 0 Å². The van der Waals surface area contributed by atoms with Gasteiger partial charge in [0.1, 0.15) is 6.07 Å². The minimum absolute atomic E-state index is 0.211. The van der Waals surface area contributed by atoms with E-state index in [2.05, 4.69) is 34.6 Å². The molecule has 3 aromatic rings. The van der Waals surface area contributed by atoms with Crippen LogP contribution in [0.25, 0.3) is 10.9 Å². The number of ether oxygens (including phenoxy) is 1. The molecule has 1 heterocycles. The Labute approximate surface area is 148 Å². The second kappa shape index (κ2) is 7.78. The quantitative estimate of drug-likeness (QED) is 0.714. The van der Waals surface area contributed by atoms with Crippen LogP contribution in [-0.2, 0) is 17.9 Å². The lowest BCUT2D eigenvalue weighted by molar-refractivity contribution is 0.0657. The van der Waals surface area contributed by atoms with Gasteiger partial charge in [-0.15, -0.1) is 0 Å². The molecule has 126 valence electrons. The van der Waals surface area contributed by atoms with E-state index in [0.29, 0.717) is 18.7 Å². The summed E-state index contributed by atoms with van der Waals surface area (Å²) in [4.78, 5) is 4.34. The van der Waals surface area contributed by atoms with Crippen molar-refractivity contribution in [2.45, 2.75) is 33.1 Å². The number of hydrogen-bond acceptors (Lipinski definition) is 4. The van der Waals surface area contributed by atoms with Gasteiger partial charge in [-0.2, -0.15) is 5.26 Å². The van der Waals surface area contributed by atoms with Gasteiger partial charge in [0.15, 0.2) is 0 Å².